The Hall–Kier alpha value is -1.47. The molecule has 0 bridgehead atoms. The van der Waals surface area contributed by atoms with Crippen molar-refractivity contribution in [3.63, 3.8) is 0 Å². The van der Waals surface area contributed by atoms with Gasteiger partial charge in [0.25, 0.3) is 0 Å². The predicted octanol–water partition coefficient (Wildman–Crippen LogP) is 10.8. The Morgan fingerprint density at radius 1 is 0.565 bits per heavy atom. The van der Waals surface area contributed by atoms with Gasteiger partial charge in [-0.05, 0) is 44.9 Å². The molecule has 1 atom stereocenters. The summed E-state index contributed by atoms with van der Waals surface area (Å²) in [5, 5.41) is 0. The summed E-state index contributed by atoms with van der Waals surface area (Å²) >= 11 is 0. The van der Waals surface area contributed by atoms with Crippen LogP contribution in [-0.4, -0.2) is 41.0 Å². The maximum absolute atomic E-state index is 12.3. The Morgan fingerprint density at radius 2 is 0.978 bits per heavy atom. The zero-order valence-corrected chi connectivity index (χ0v) is 30.4. The Balaban J connectivity index is 3.96. The van der Waals surface area contributed by atoms with Gasteiger partial charge in [-0.25, -0.2) is 4.57 Å². The quantitative estimate of drug-likeness (QED) is 0.0300. The molecule has 1 unspecified atom stereocenters. The standard InChI is InChI=1S/C37H69O8P/c1-3-5-7-9-11-13-15-16-17-18-19-20-22-24-26-28-30-32-37(39)45-35(34-44-46(40,41)42)33-43-36(38)31-29-27-25-23-21-14-12-10-8-6-4-2/h11,13,16-17,35H,3-10,12,14-15,18-34H2,1-2H3,(H2,40,41,42)/b13-11-,17-16-. The third-order valence-corrected chi connectivity index (χ3v) is 8.46. The molecule has 0 saturated heterocycles. The molecule has 0 heterocycles. The van der Waals surface area contributed by atoms with Crippen LogP contribution in [-0.2, 0) is 28.2 Å². The molecule has 8 nitrogen and oxygen atoms in total. The third-order valence-electron chi connectivity index (χ3n) is 7.97. The molecule has 0 aliphatic carbocycles. The highest BCUT2D eigenvalue weighted by atomic mass is 31.2. The number of phosphoric ester groups is 1. The fraction of sp³-hybridized carbons (Fsp3) is 0.838. The Morgan fingerprint density at radius 3 is 1.48 bits per heavy atom. The number of esters is 2. The van der Waals surface area contributed by atoms with Crippen LogP contribution in [0.25, 0.3) is 0 Å². The fourth-order valence-corrected chi connectivity index (χ4v) is 5.53. The van der Waals surface area contributed by atoms with Gasteiger partial charge in [0.1, 0.15) is 6.61 Å². The molecule has 0 spiro atoms. The molecule has 0 amide bonds. The second kappa shape index (κ2) is 33.4. The van der Waals surface area contributed by atoms with E-state index in [1.807, 2.05) is 0 Å². The largest absolute Gasteiger partial charge is 0.469 e. The van der Waals surface area contributed by atoms with Crippen molar-refractivity contribution in [2.75, 3.05) is 13.2 Å². The maximum atomic E-state index is 12.3. The van der Waals surface area contributed by atoms with E-state index in [4.69, 9.17) is 19.3 Å². The number of phosphoric acid groups is 1. The van der Waals surface area contributed by atoms with Gasteiger partial charge in [0.05, 0.1) is 6.61 Å². The molecule has 9 heteroatoms. The van der Waals surface area contributed by atoms with Crippen LogP contribution in [0.4, 0.5) is 0 Å². The number of hydrogen-bond donors (Lipinski definition) is 2. The maximum Gasteiger partial charge on any atom is 0.469 e. The average molecular weight is 673 g/mol. The van der Waals surface area contributed by atoms with E-state index in [1.54, 1.807) is 0 Å². The lowest BCUT2D eigenvalue weighted by Gasteiger charge is -2.18. The molecule has 46 heavy (non-hydrogen) atoms. The van der Waals surface area contributed by atoms with Crippen molar-refractivity contribution in [3.8, 4) is 0 Å². The minimum atomic E-state index is -4.75. The first kappa shape index (κ1) is 44.5. The number of carbonyl (C=O) groups is 2. The second-order valence-corrected chi connectivity index (χ2v) is 13.8. The Labute approximate surface area is 281 Å². The number of allylic oxidation sites excluding steroid dienone is 4. The first-order chi connectivity index (χ1) is 22.3. The molecular formula is C37H69O8P. The Kier molecular flexibility index (Phi) is 32.4. The molecule has 0 radical (unpaired) electrons. The van der Waals surface area contributed by atoms with E-state index in [9.17, 15) is 14.2 Å². The summed E-state index contributed by atoms with van der Waals surface area (Å²) < 4.78 is 26.3. The summed E-state index contributed by atoms with van der Waals surface area (Å²) in [5.41, 5.74) is 0. The molecule has 0 saturated carbocycles. The fourth-order valence-electron chi connectivity index (χ4n) is 5.17. The number of rotatable bonds is 34. The number of hydrogen-bond acceptors (Lipinski definition) is 6. The van der Waals surface area contributed by atoms with Crippen molar-refractivity contribution in [2.45, 2.75) is 187 Å². The lowest BCUT2D eigenvalue weighted by atomic mass is 10.1. The van der Waals surface area contributed by atoms with E-state index in [1.165, 1.54) is 96.3 Å². The highest BCUT2D eigenvalue weighted by molar-refractivity contribution is 7.46. The average Bonchev–Trinajstić information content (AvgIpc) is 3.02. The van der Waals surface area contributed by atoms with Crippen LogP contribution < -0.4 is 0 Å². The lowest BCUT2D eigenvalue weighted by Crippen LogP contribution is -2.29. The summed E-state index contributed by atoms with van der Waals surface area (Å²) in [7, 11) is -4.75. The van der Waals surface area contributed by atoms with Gasteiger partial charge in [-0.1, -0.05) is 147 Å². The lowest BCUT2D eigenvalue weighted by molar-refractivity contribution is -0.161. The van der Waals surface area contributed by atoms with Gasteiger partial charge in [-0.3, -0.25) is 14.1 Å². The van der Waals surface area contributed by atoms with Crippen LogP contribution in [0, 0.1) is 0 Å². The topological polar surface area (TPSA) is 119 Å². The van der Waals surface area contributed by atoms with Crippen LogP contribution >= 0.6 is 7.82 Å². The van der Waals surface area contributed by atoms with Crippen LogP contribution in [0.15, 0.2) is 24.3 Å². The van der Waals surface area contributed by atoms with E-state index in [0.717, 1.165) is 51.4 Å². The molecule has 0 aliphatic rings. The molecule has 0 aromatic rings. The molecule has 0 aliphatic heterocycles. The normalized spacial score (nSPS) is 12.7. The molecule has 2 N–H and O–H groups in total. The highest BCUT2D eigenvalue weighted by Crippen LogP contribution is 2.36. The van der Waals surface area contributed by atoms with Crippen molar-refractivity contribution in [3.05, 3.63) is 24.3 Å². The van der Waals surface area contributed by atoms with Gasteiger partial charge < -0.3 is 19.3 Å². The number of carbonyl (C=O) groups excluding carboxylic acids is 2. The number of ether oxygens (including phenoxy) is 2. The minimum Gasteiger partial charge on any atom is -0.462 e. The van der Waals surface area contributed by atoms with Gasteiger partial charge in [0.15, 0.2) is 6.10 Å². The van der Waals surface area contributed by atoms with Crippen LogP contribution in [0.2, 0.25) is 0 Å². The van der Waals surface area contributed by atoms with Crippen LogP contribution in [0.3, 0.4) is 0 Å². The molecular weight excluding hydrogens is 603 g/mol. The van der Waals surface area contributed by atoms with Crippen molar-refractivity contribution in [1.82, 2.24) is 0 Å². The second-order valence-electron chi connectivity index (χ2n) is 12.6. The highest BCUT2D eigenvalue weighted by Gasteiger charge is 2.22. The van der Waals surface area contributed by atoms with Crippen LogP contribution in [0.1, 0.15) is 181 Å². The molecule has 0 aromatic carbocycles. The summed E-state index contributed by atoms with van der Waals surface area (Å²) in [4.78, 5) is 42.6. The van der Waals surface area contributed by atoms with Gasteiger partial charge >= 0.3 is 19.8 Å². The zero-order chi connectivity index (χ0) is 34.0. The minimum absolute atomic E-state index is 0.205. The van der Waals surface area contributed by atoms with Gasteiger partial charge in [-0.15, -0.1) is 0 Å². The van der Waals surface area contributed by atoms with E-state index in [-0.39, 0.29) is 19.4 Å². The van der Waals surface area contributed by atoms with Gasteiger partial charge in [0, 0.05) is 12.8 Å². The van der Waals surface area contributed by atoms with Gasteiger partial charge in [-0.2, -0.15) is 0 Å². The molecule has 0 aromatic heterocycles. The molecule has 270 valence electrons. The summed E-state index contributed by atoms with van der Waals surface area (Å²) in [6, 6.07) is 0. The summed E-state index contributed by atoms with van der Waals surface area (Å²) in [5.74, 6) is -0.891. The SMILES string of the molecule is CCCCC/C=C\C/C=C\CCCCCCCCCC(=O)OC(COC(=O)CCCCCCCCCCCCC)COP(=O)(O)O. The van der Waals surface area contributed by atoms with Crippen molar-refractivity contribution >= 4 is 19.8 Å². The molecule has 0 fully saturated rings. The van der Waals surface area contributed by atoms with Gasteiger partial charge in [0.2, 0.25) is 0 Å². The van der Waals surface area contributed by atoms with Crippen LogP contribution in [0.5, 0.6) is 0 Å². The molecule has 0 rings (SSSR count). The van der Waals surface area contributed by atoms with E-state index in [0.29, 0.717) is 6.42 Å². The third kappa shape index (κ3) is 35.4. The summed E-state index contributed by atoms with van der Waals surface area (Å²) in [6.07, 6.45) is 36.1. The first-order valence-corrected chi connectivity index (χ1v) is 20.2. The van der Waals surface area contributed by atoms with Crippen molar-refractivity contribution in [2.24, 2.45) is 0 Å². The summed E-state index contributed by atoms with van der Waals surface area (Å²) in [6.45, 7) is 3.64. The van der Waals surface area contributed by atoms with E-state index >= 15 is 0 Å². The zero-order valence-electron chi connectivity index (χ0n) is 29.5. The predicted molar refractivity (Wildman–Crippen MR) is 189 cm³/mol. The van der Waals surface area contributed by atoms with E-state index < -0.39 is 32.5 Å². The van der Waals surface area contributed by atoms with Crippen molar-refractivity contribution in [1.29, 1.82) is 0 Å². The smallest absolute Gasteiger partial charge is 0.462 e. The monoisotopic (exact) mass is 672 g/mol. The number of unbranched alkanes of at least 4 members (excludes halogenated alkanes) is 20. The Bertz CT molecular complexity index is 807. The van der Waals surface area contributed by atoms with E-state index in [2.05, 4.69) is 42.7 Å². The van der Waals surface area contributed by atoms with Crippen molar-refractivity contribution < 1.29 is 37.9 Å². The first-order valence-electron chi connectivity index (χ1n) is 18.6.